The molecule has 0 aliphatic heterocycles. The van der Waals surface area contributed by atoms with E-state index in [0.29, 0.717) is 38.8 Å². The molecule has 0 radical (unpaired) electrons. The van der Waals surface area contributed by atoms with Gasteiger partial charge in [0.2, 0.25) is 5.95 Å². The number of rotatable bonds is 5. The van der Waals surface area contributed by atoms with Crippen molar-refractivity contribution in [1.82, 2.24) is 9.97 Å². The third-order valence-electron chi connectivity index (χ3n) is 4.91. The molecular formula is C24H20ClN5O. The topological polar surface area (TPSA) is 107 Å². The Bertz CT molecular complexity index is 1250. The van der Waals surface area contributed by atoms with Gasteiger partial charge in [-0.2, -0.15) is 0 Å². The molecule has 0 aliphatic carbocycles. The highest BCUT2D eigenvalue weighted by molar-refractivity contribution is 6.30. The summed E-state index contributed by atoms with van der Waals surface area (Å²) in [6.45, 7) is 0. The molecule has 4 rings (SSSR count). The molecule has 7 heteroatoms. The minimum absolute atomic E-state index is 0.146. The fraction of sp³-hybridized carbons (Fsp3) is 0.0417. The zero-order valence-corrected chi connectivity index (χ0v) is 17.5. The van der Waals surface area contributed by atoms with Crippen LogP contribution < -0.4 is 16.8 Å². The molecule has 1 aromatic heterocycles. The Hall–Kier alpha value is -3.90. The largest absolute Gasteiger partial charge is 0.398 e. The Morgan fingerprint density at radius 1 is 0.839 bits per heavy atom. The second-order valence-corrected chi connectivity index (χ2v) is 7.40. The van der Waals surface area contributed by atoms with Gasteiger partial charge >= 0.3 is 0 Å². The molecule has 154 valence electrons. The van der Waals surface area contributed by atoms with E-state index >= 15 is 0 Å². The van der Waals surface area contributed by atoms with Gasteiger partial charge in [-0.1, -0.05) is 29.8 Å². The van der Waals surface area contributed by atoms with Crippen LogP contribution in [0.4, 0.5) is 17.3 Å². The maximum Gasteiger partial charge on any atom is 0.221 e. The van der Waals surface area contributed by atoms with Crippen molar-refractivity contribution < 1.29 is 4.79 Å². The predicted octanol–water partition coefficient (Wildman–Crippen LogP) is 4.90. The molecular weight excluding hydrogens is 410 g/mol. The van der Waals surface area contributed by atoms with Gasteiger partial charge in [0.05, 0.1) is 11.4 Å². The molecule has 0 unspecified atom stereocenters. The van der Waals surface area contributed by atoms with Crippen LogP contribution in [-0.4, -0.2) is 22.8 Å². The van der Waals surface area contributed by atoms with Gasteiger partial charge in [0.25, 0.3) is 0 Å². The van der Waals surface area contributed by atoms with Crippen LogP contribution in [0.15, 0.2) is 72.8 Å². The lowest BCUT2D eigenvalue weighted by molar-refractivity contribution is 0.103. The second-order valence-electron chi connectivity index (χ2n) is 6.96. The van der Waals surface area contributed by atoms with Gasteiger partial charge in [-0.05, 0) is 54.6 Å². The Balaban J connectivity index is 1.74. The standard InChI is InChI=1S/C24H20ClN5O/c1-28-18-9-4-14(5-10-18)21-13-22(30-24(27)29-21)16-6-11-20(26)19(12-16)23(31)15-2-7-17(25)8-3-15/h2-13,28H,26H2,1H3,(H2,27,29,30). The van der Waals surface area contributed by atoms with Crippen molar-refractivity contribution in [2.75, 3.05) is 23.8 Å². The number of anilines is 3. The van der Waals surface area contributed by atoms with Crippen molar-refractivity contribution >= 4 is 34.7 Å². The number of carbonyl (C=O) groups is 1. The summed E-state index contributed by atoms with van der Waals surface area (Å²) in [5.74, 6) is -0.0477. The first kappa shape index (κ1) is 20.4. The Morgan fingerprint density at radius 2 is 1.45 bits per heavy atom. The van der Waals surface area contributed by atoms with Crippen molar-refractivity contribution in [2.45, 2.75) is 0 Å². The molecule has 5 N–H and O–H groups in total. The van der Waals surface area contributed by atoms with E-state index in [-0.39, 0.29) is 11.7 Å². The molecule has 1 heterocycles. The van der Waals surface area contributed by atoms with Crippen LogP contribution in [0.25, 0.3) is 22.5 Å². The van der Waals surface area contributed by atoms with Gasteiger partial charge < -0.3 is 16.8 Å². The van der Waals surface area contributed by atoms with Crippen LogP contribution in [0.5, 0.6) is 0 Å². The van der Waals surface area contributed by atoms with Gasteiger partial charge in [-0.3, -0.25) is 4.79 Å². The number of nitrogens with zero attached hydrogens (tertiary/aromatic N) is 2. The van der Waals surface area contributed by atoms with Gasteiger partial charge in [0.15, 0.2) is 5.78 Å². The fourth-order valence-corrected chi connectivity index (χ4v) is 3.36. The molecule has 0 atom stereocenters. The summed E-state index contributed by atoms with van der Waals surface area (Å²) < 4.78 is 0. The first-order valence-corrected chi connectivity index (χ1v) is 9.95. The van der Waals surface area contributed by atoms with Crippen molar-refractivity contribution in [2.24, 2.45) is 0 Å². The number of nitrogens with two attached hydrogens (primary N) is 2. The Morgan fingerprint density at radius 3 is 2.10 bits per heavy atom. The summed E-state index contributed by atoms with van der Waals surface area (Å²) in [7, 11) is 1.86. The van der Waals surface area contributed by atoms with E-state index in [4.69, 9.17) is 23.1 Å². The van der Waals surface area contributed by atoms with E-state index in [0.717, 1.165) is 11.3 Å². The van der Waals surface area contributed by atoms with E-state index in [1.807, 2.05) is 43.4 Å². The fourth-order valence-electron chi connectivity index (χ4n) is 3.24. The second kappa shape index (κ2) is 8.45. The smallest absolute Gasteiger partial charge is 0.221 e. The average molecular weight is 430 g/mol. The van der Waals surface area contributed by atoms with Crippen LogP contribution in [0.2, 0.25) is 5.02 Å². The van der Waals surface area contributed by atoms with E-state index in [1.54, 1.807) is 36.4 Å². The number of hydrogen-bond donors (Lipinski definition) is 3. The molecule has 0 fully saturated rings. The highest BCUT2D eigenvalue weighted by Crippen LogP contribution is 2.28. The monoisotopic (exact) mass is 429 g/mol. The summed E-state index contributed by atoms with van der Waals surface area (Å²) in [6.07, 6.45) is 0. The first-order valence-electron chi connectivity index (χ1n) is 9.57. The van der Waals surface area contributed by atoms with Gasteiger partial charge in [0, 0.05) is 45.7 Å². The summed E-state index contributed by atoms with van der Waals surface area (Å²) in [4.78, 5) is 21.7. The third kappa shape index (κ3) is 4.34. The van der Waals surface area contributed by atoms with Crippen LogP contribution in [0.1, 0.15) is 15.9 Å². The number of hydrogen-bond acceptors (Lipinski definition) is 6. The molecule has 0 saturated heterocycles. The zero-order chi connectivity index (χ0) is 22.0. The minimum Gasteiger partial charge on any atom is -0.398 e. The predicted molar refractivity (Wildman–Crippen MR) is 126 cm³/mol. The lowest BCUT2D eigenvalue weighted by Crippen LogP contribution is -2.06. The number of halogens is 1. The molecule has 0 saturated carbocycles. The lowest BCUT2D eigenvalue weighted by atomic mass is 9.98. The number of aromatic nitrogens is 2. The first-order chi connectivity index (χ1) is 14.9. The van der Waals surface area contributed by atoms with Crippen molar-refractivity contribution in [3.8, 4) is 22.5 Å². The number of nitrogens with one attached hydrogen (secondary N) is 1. The normalized spacial score (nSPS) is 10.6. The molecule has 6 nitrogen and oxygen atoms in total. The van der Waals surface area contributed by atoms with Crippen LogP contribution >= 0.6 is 11.6 Å². The van der Waals surface area contributed by atoms with E-state index in [9.17, 15) is 4.79 Å². The highest BCUT2D eigenvalue weighted by atomic mass is 35.5. The summed E-state index contributed by atoms with van der Waals surface area (Å²) >= 11 is 5.93. The summed E-state index contributed by atoms with van der Waals surface area (Å²) in [5, 5.41) is 3.64. The molecule has 3 aromatic carbocycles. The molecule has 0 amide bonds. The number of nitrogen functional groups attached to an aromatic ring is 2. The quantitative estimate of drug-likeness (QED) is 0.307. The van der Waals surface area contributed by atoms with Crippen LogP contribution in [0, 0.1) is 0 Å². The van der Waals surface area contributed by atoms with E-state index < -0.39 is 0 Å². The number of benzene rings is 3. The molecule has 4 aromatic rings. The molecule has 0 aliphatic rings. The zero-order valence-electron chi connectivity index (χ0n) is 16.8. The molecule has 31 heavy (non-hydrogen) atoms. The lowest BCUT2D eigenvalue weighted by Gasteiger charge is -2.10. The van der Waals surface area contributed by atoms with E-state index in [1.165, 1.54) is 0 Å². The maximum absolute atomic E-state index is 13.0. The minimum atomic E-state index is -0.194. The van der Waals surface area contributed by atoms with E-state index in [2.05, 4.69) is 15.3 Å². The highest BCUT2D eigenvalue weighted by Gasteiger charge is 2.15. The van der Waals surface area contributed by atoms with Gasteiger partial charge in [-0.25, -0.2) is 9.97 Å². The van der Waals surface area contributed by atoms with Crippen molar-refractivity contribution in [1.29, 1.82) is 0 Å². The van der Waals surface area contributed by atoms with Crippen molar-refractivity contribution in [3.05, 3.63) is 88.9 Å². The molecule has 0 spiro atoms. The Kier molecular flexibility index (Phi) is 5.56. The SMILES string of the molecule is CNc1ccc(-c2cc(-c3ccc(N)c(C(=O)c4ccc(Cl)cc4)c3)nc(N)n2)cc1. The van der Waals surface area contributed by atoms with Crippen LogP contribution in [-0.2, 0) is 0 Å². The summed E-state index contributed by atoms with van der Waals surface area (Å²) in [5.41, 5.74) is 17.3. The van der Waals surface area contributed by atoms with Crippen LogP contribution in [0.3, 0.4) is 0 Å². The average Bonchev–Trinajstić information content (AvgIpc) is 2.79. The van der Waals surface area contributed by atoms with Gasteiger partial charge in [-0.15, -0.1) is 0 Å². The number of ketones is 1. The molecule has 0 bridgehead atoms. The Labute approximate surface area is 184 Å². The van der Waals surface area contributed by atoms with Crippen molar-refractivity contribution in [3.63, 3.8) is 0 Å². The van der Waals surface area contributed by atoms with Gasteiger partial charge in [0.1, 0.15) is 0 Å². The third-order valence-corrected chi connectivity index (χ3v) is 5.16. The maximum atomic E-state index is 13.0. The summed E-state index contributed by atoms with van der Waals surface area (Å²) in [6, 6.07) is 21.6. The number of carbonyl (C=O) groups excluding carboxylic acids is 1.